The highest BCUT2D eigenvalue weighted by Gasteiger charge is 2.23. The van der Waals surface area contributed by atoms with Crippen LogP contribution in [-0.4, -0.2) is 37.1 Å². The lowest BCUT2D eigenvalue weighted by Gasteiger charge is -2.36. The van der Waals surface area contributed by atoms with Gasteiger partial charge in [0.25, 0.3) is 0 Å². The quantitative estimate of drug-likeness (QED) is 0.903. The standard InChI is InChI=1S/C19H20F3N3O/c1-13(17-7-4-15(21)12-18(17)22)23-19(26)25-10-8-24(9-11-25)16-5-2-14(20)3-6-16/h2-7,12-13H,8-11H2,1H3,(H,23,26). The van der Waals surface area contributed by atoms with Crippen molar-refractivity contribution >= 4 is 11.7 Å². The molecule has 0 aliphatic carbocycles. The molecule has 0 saturated carbocycles. The van der Waals surface area contributed by atoms with Gasteiger partial charge in [-0.3, -0.25) is 0 Å². The third kappa shape index (κ3) is 4.09. The van der Waals surface area contributed by atoms with Crippen molar-refractivity contribution in [3.63, 3.8) is 0 Å². The Morgan fingerprint density at radius 1 is 0.962 bits per heavy atom. The van der Waals surface area contributed by atoms with Crippen LogP contribution < -0.4 is 10.2 Å². The number of carbonyl (C=O) groups is 1. The van der Waals surface area contributed by atoms with Gasteiger partial charge < -0.3 is 15.1 Å². The molecule has 2 aromatic carbocycles. The minimum Gasteiger partial charge on any atom is -0.368 e. The van der Waals surface area contributed by atoms with Gasteiger partial charge in [-0.2, -0.15) is 0 Å². The maximum absolute atomic E-state index is 13.8. The average molecular weight is 363 g/mol. The Morgan fingerprint density at radius 2 is 1.58 bits per heavy atom. The van der Waals surface area contributed by atoms with Gasteiger partial charge >= 0.3 is 6.03 Å². The monoisotopic (exact) mass is 363 g/mol. The molecule has 2 aromatic rings. The van der Waals surface area contributed by atoms with Gasteiger partial charge in [-0.05, 0) is 37.3 Å². The molecule has 1 N–H and O–H groups in total. The minimum absolute atomic E-state index is 0.240. The van der Waals surface area contributed by atoms with Crippen LogP contribution in [0.1, 0.15) is 18.5 Å². The Bertz CT molecular complexity index is 774. The van der Waals surface area contributed by atoms with Gasteiger partial charge in [-0.1, -0.05) is 6.07 Å². The zero-order valence-electron chi connectivity index (χ0n) is 14.4. The van der Waals surface area contributed by atoms with E-state index in [9.17, 15) is 18.0 Å². The number of urea groups is 1. The summed E-state index contributed by atoms with van der Waals surface area (Å²) in [6.45, 7) is 3.91. The number of hydrogen-bond acceptors (Lipinski definition) is 2. The van der Waals surface area contributed by atoms with E-state index in [-0.39, 0.29) is 17.4 Å². The minimum atomic E-state index is -0.682. The summed E-state index contributed by atoms with van der Waals surface area (Å²) in [4.78, 5) is 16.1. The van der Waals surface area contributed by atoms with Gasteiger partial charge in [-0.25, -0.2) is 18.0 Å². The molecule has 0 radical (unpaired) electrons. The largest absolute Gasteiger partial charge is 0.368 e. The van der Waals surface area contributed by atoms with Crippen molar-refractivity contribution in [2.75, 3.05) is 31.1 Å². The topological polar surface area (TPSA) is 35.6 Å². The smallest absolute Gasteiger partial charge is 0.317 e. The summed E-state index contributed by atoms with van der Waals surface area (Å²) in [7, 11) is 0. The normalized spacial score (nSPS) is 15.7. The molecule has 3 rings (SSSR count). The lowest BCUT2D eigenvalue weighted by atomic mass is 10.1. The molecule has 26 heavy (non-hydrogen) atoms. The highest BCUT2D eigenvalue weighted by Crippen LogP contribution is 2.19. The van der Waals surface area contributed by atoms with Gasteiger partial charge in [0, 0.05) is 43.5 Å². The third-order valence-electron chi connectivity index (χ3n) is 4.53. The molecule has 1 aliphatic heterocycles. The molecule has 0 spiro atoms. The van der Waals surface area contributed by atoms with Crippen LogP contribution in [0.25, 0.3) is 0 Å². The second kappa shape index (κ2) is 7.68. The van der Waals surface area contributed by atoms with E-state index in [1.54, 1.807) is 24.0 Å². The van der Waals surface area contributed by atoms with E-state index in [2.05, 4.69) is 10.2 Å². The number of anilines is 1. The van der Waals surface area contributed by atoms with Crippen molar-refractivity contribution in [3.05, 3.63) is 65.5 Å². The number of piperazine rings is 1. The zero-order valence-corrected chi connectivity index (χ0v) is 14.4. The number of amides is 2. The van der Waals surface area contributed by atoms with E-state index < -0.39 is 17.7 Å². The second-order valence-electron chi connectivity index (χ2n) is 6.29. The highest BCUT2D eigenvalue weighted by molar-refractivity contribution is 5.75. The van der Waals surface area contributed by atoms with E-state index in [4.69, 9.17) is 0 Å². The molecule has 0 aromatic heterocycles. The van der Waals surface area contributed by atoms with Crippen LogP contribution in [0.2, 0.25) is 0 Å². The van der Waals surface area contributed by atoms with Crippen LogP contribution in [0, 0.1) is 17.5 Å². The first-order chi connectivity index (χ1) is 12.4. The summed E-state index contributed by atoms with van der Waals surface area (Å²) in [6.07, 6.45) is 0. The lowest BCUT2D eigenvalue weighted by molar-refractivity contribution is 0.191. The second-order valence-corrected chi connectivity index (χ2v) is 6.29. The van der Waals surface area contributed by atoms with Crippen molar-refractivity contribution in [2.45, 2.75) is 13.0 Å². The van der Waals surface area contributed by atoms with Crippen LogP contribution in [0.5, 0.6) is 0 Å². The molecule has 4 nitrogen and oxygen atoms in total. The third-order valence-corrected chi connectivity index (χ3v) is 4.53. The first kappa shape index (κ1) is 18.1. The number of nitrogens with zero attached hydrogens (tertiary/aromatic N) is 2. The maximum atomic E-state index is 13.8. The van der Waals surface area contributed by atoms with Crippen LogP contribution in [0.15, 0.2) is 42.5 Å². The number of nitrogens with one attached hydrogen (secondary N) is 1. The summed E-state index contributed by atoms with van der Waals surface area (Å²) in [5.74, 6) is -1.62. The lowest BCUT2D eigenvalue weighted by Crippen LogP contribution is -2.52. The van der Waals surface area contributed by atoms with Gasteiger partial charge in [0.05, 0.1) is 6.04 Å². The Labute approximate surface area is 150 Å². The van der Waals surface area contributed by atoms with Crippen LogP contribution in [0.3, 0.4) is 0 Å². The first-order valence-corrected chi connectivity index (χ1v) is 8.45. The molecule has 1 saturated heterocycles. The highest BCUT2D eigenvalue weighted by atomic mass is 19.1. The first-order valence-electron chi connectivity index (χ1n) is 8.45. The average Bonchev–Trinajstić information content (AvgIpc) is 2.62. The molecular formula is C19H20F3N3O. The van der Waals surface area contributed by atoms with Crippen molar-refractivity contribution in [1.82, 2.24) is 10.2 Å². The fraction of sp³-hybridized carbons (Fsp3) is 0.316. The summed E-state index contributed by atoms with van der Waals surface area (Å²) in [6, 6.07) is 8.69. The molecule has 1 fully saturated rings. The van der Waals surface area contributed by atoms with Crippen LogP contribution in [-0.2, 0) is 0 Å². The summed E-state index contributed by atoms with van der Waals surface area (Å²) >= 11 is 0. The van der Waals surface area contributed by atoms with E-state index in [1.165, 1.54) is 24.3 Å². The van der Waals surface area contributed by atoms with Crippen molar-refractivity contribution < 1.29 is 18.0 Å². The zero-order chi connectivity index (χ0) is 18.7. The van der Waals surface area contributed by atoms with Crippen molar-refractivity contribution in [1.29, 1.82) is 0 Å². The number of hydrogen-bond donors (Lipinski definition) is 1. The Kier molecular flexibility index (Phi) is 5.35. The number of carbonyl (C=O) groups excluding carboxylic acids is 1. The Balaban J connectivity index is 1.55. The summed E-state index contributed by atoms with van der Waals surface area (Å²) in [5.41, 5.74) is 1.15. The van der Waals surface area contributed by atoms with Gasteiger partial charge in [0.2, 0.25) is 0 Å². The molecule has 1 unspecified atom stereocenters. The predicted molar refractivity (Wildman–Crippen MR) is 93.5 cm³/mol. The molecule has 0 bridgehead atoms. The molecule has 1 atom stereocenters. The molecule has 138 valence electrons. The molecule has 1 aliphatic rings. The summed E-state index contributed by atoms with van der Waals surface area (Å²) < 4.78 is 39.8. The van der Waals surface area contributed by atoms with E-state index in [1.807, 2.05) is 0 Å². The molecule has 2 amide bonds. The molecule has 1 heterocycles. The fourth-order valence-electron chi connectivity index (χ4n) is 3.03. The number of benzene rings is 2. The fourth-order valence-corrected chi connectivity index (χ4v) is 3.03. The SMILES string of the molecule is CC(NC(=O)N1CCN(c2ccc(F)cc2)CC1)c1ccc(F)cc1F. The van der Waals surface area contributed by atoms with Crippen molar-refractivity contribution in [3.8, 4) is 0 Å². The van der Waals surface area contributed by atoms with Gasteiger partial charge in [0.1, 0.15) is 17.5 Å². The number of rotatable bonds is 3. The van der Waals surface area contributed by atoms with Gasteiger partial charge in [-0.15, -0.1) is 0 Å². The maximum Gasteiger partial charge on any atom is 0.317 e. The van der Waals surface area contributed by atoms with E-state index >= 15 is 0 Å². The van der Waals surface area contributed by atoms with E-state index in [0.29, 0.717) is 26.2 Å². The number of halogens is 3. The van der Waals surface area contributed by atoms with Crippen LogP contribution in [0.4, 0.5) is 23.7 Å². The summed E-state index contributed by atoms with van der Waals surface area (Å²) in [5, 5.41) is 2.74. The van der Waals surface area contributed by atoms with Crippen molar-refractivity contribution in [2.24, 2.45) is 0 Å². The van der Waals surface area contributed by atoms with Crippen LogP contribution >= 0.6 is 0 Å². The van der Waals surface area contributed by atoms with E-state index in [0.717, 1.165) is 11.8 Å². The molecular weight excluding hydrogens is 343 g/mol. The van der Waals surface area contributed by atoms with Gasteiger partial charge in [0.15, 0.2) is 0 Å². The Hall–Kier alpha value is -2.70. The Morgan fingerprint density at radius 3 is 2.19 bits per heavy atom. The molecule has 7 heteroatoms. The predicted octanol–water partition coefficient (Wildman–Crippen LogP) is 3.70.